The van der Waals surface area contributed by atoms with Crippen molar-refractivity contribution in [2.45, 2.75) is 39.8 Å². The Balaban J connectivity index is 1.85. The van der Waals surface area contributed by atoms with Crippen molar-refractivity contribution in [2.75, 3.05) is 24.7 Å². The summed E-state index contributed by atoms with van der Waals surface area (Å²) < 4.78 is 22.0. The van der Waals surface area contributed by atoms with Crippen molar-refractivity contribution < 1.29 is 9.13 Å². The Labute approximate surface area is 243 Å². The van der Waals surface area contributed by atoms with Gasteiger partial charge in [0.1, 0.15) is 11.6 Å². The van der Waals surface area contributed by atoms with E-state index in [2.05, 4.69) is 36.4 Å². The van der Waals surface area contributed by atoms with Crippen LogP contribution in [0.25, 0.3) is 0 Å². The third-order valence-electron chi connectivity index (χ3n) is 6.58. The molecule has 11 nitrogen and oxygen atoms in total. The first-order valence-electron chi connectivity index (χ1n) is 13.3. The molecule has 13 heteroatoms. The molecule has 0 fully saturated rings. The molecule has 1 atom stereocenters. The normalized spacial score (nSPS) is 11.3. The lowest BCUT2D eigenvalue weighted by molar-refractivity contribution is 0.417. The number of nitrogens with zero attached hydrogens (tertiary/aromatic N) is 4. The number of hydrogen-bond donors (Lipinski definition) is 3. The van der Waals surface area contributed by atoms with Gasteiger partial charge in [0, 0.05) is 47.1 Å². The van der Waals surface area contributed by atoms with Crippen LogP contribution in [0.4, 0.5) is 21.7 Å². The Bertz CT molecular complexity index is 1790. The number of methoxy groups -OCH3 is 1. The second-order valence-corrected chi connectivity index (χ2v) is 10.3. The number of rotatable bonds is 11. The number of ether oxygens (including phenoxy) is 1. The van der Waals surface area contributed by atoms with Crippen LogP contribution in [0.15, 0.2) is 62.0 Å². The molecule has 4 aromatic rings. The fourth-order valence-corrected chi connectivity index (χ4v) is 4.77. The number of H-pyrrole nitrogens is 1. The number of nitrogens with one attached hydrogen (secondary N) is 2. The highest BCUT2D eigenvalue weighted by atomic mass is 31.0. The lowest BCUT2D eigenvalue weighted by Gasteiger charge is -2.18. The second-order valence-electron chi connectivity index (χ2n) is 9.71. The minimum absolute atomic E-state index is 0.0509. The fraction of sp³-hybridized carbons (Fsp3) is 0.276. The fourth-order valence-electron chi connectivity index (χ4n) is 4.33. The van der Waals surface area contributed by atoms with E-state index in [4.69, 9.17) is 10.5 Å². The molecule has 0 saturated heterocycles. The van der Waals surface area contributed by atoms with Crippen molar-refractivity contribution in [1.29, 1.82) is 0 Å². The molecular formula is C29H33FN7O4P. The maximum Gasteiger partial charge on any atom is 0.355 e. The number of hydrogen-bond acceptors (Lipinski definition) is 8. The van der Waals surface area contributed by atoms with Crippen LogP contribution in [-0.4, -0.2) is 39.0 Å². The minimum atomic E-state index is -0.861. The van der Waals surface area contributed by atoms with Crippen molar-refractivity contribution >= 4 is 38.1 Å². The number of halogens is 1. The Morgan fingerprint density at radius 2 is 1.98 bits per heavy atom. The summed E-state index contributed by atoms with van der Waals surface area (Å²) in [5, 5.41) is 3.39. The molecule has 0 aliphatic heterocycles. The number of nitrogen functional groups attached to an aromatic ring is 1. The van der Waals surface area contributed by atoms with E-state index in [1.807, 2.05) is 0 Å². The Kier molecular flexibility index (Phi) is 9.69. The Morgan fingerprint density at radius 1 is 1.19 bits per heavy atom. The zero-order valence-corrected chi connectivity index (χ0v) is 24.8. The van der Waals surface area contributed by atoms with Crippen molar-refractivity contribution in [3.63, 3.8) is 0 Å². The summed E-state index contributed by atoms with van der Waals surface area (Å²) in [6.07, 6.45) is 5.05. The van der Waals surface area contributed by atoms with E-state index in [1.54, 1.807) is 43.5 Å². The highest BCUT2D eigenvalue weighted by Gasteiger charge is 2.18. The summed E-state index contributed by atoms with van der Waals surface area (Å²) in [4.78, 5) is 50.4. The molecule has 4 rings (SSSR count). The van der Waals surface area contributed by atoms with E-state index < -0.39 is 16.9 Å². The van der Waals surface area contributed by atoms with Crippen LogP contribution in [0.5, 0.6) is 5.75 Å². The number of unbranched alkanes of at least 4 members (excludes halogenated alkanes) is 1. The molecule has 0 bridgehead atoms. The number of aromatic nitrogens is 4. The number of anilines is 3. The number of aryl methyl sites for hydroxylation is 1. The van der Waals surface area contributed by atoms with Gasteiger partial charge in [0.25, 0.3) is 5.56 Å². The van der Waals surface area contributed by atoms with E-state index in [1.165, 1.54) is 23.9 Å². The van der Waals surface area contributed by atoms with Crippen LogP contribution in [0, 0.1) is 12.7 Å². The summed E-state index contributed by atoms with van der Waals surface area (Å²) in [5.41, 5.74) is 6.84. The first kappa shape index (κ1) is 30.4. The van der Waals surface area contributed by atoms with Crippen LogP contribution in [0.2, 0.25) is 0 Å². The zero-order valence-electron chi connectivity index (χ0n) is 23.6. The summed E-state index contributed by atoms with van der Waals surface area (Å²) >= 11 is 0. The van der Waals surface area contributed by atoms with Crippen molar-refractivity contribution in [1.82, 2.24) is 19.1 Å². The largest absolute Gasteiger partial charge is 0.494 e. The van der Waals surface area contributed by atoms with Gasteiger partial charge in [-0.1, -0.05) is 25.5 Å². The van der Waals surface area contributed by atoms with E-state index in [0.29, 0.717) is 45.7 Å². The predicted octanol–water partition coefficient (Wildman–Crippen LogP) is 2.69. The molecule has 0 aliphatic rings. The SMILES string of the molecule is CCCCN=Cc1cc(Nc2nc(=O)n(Cc3ccc[nH]c3=O)c(=O)n2Cc2cc(C)c(F)c(P)c2)c(OC)cc1N. The third kappa shape index (κ3) is 6.83. The van der Waals surface area contributed by atoms with Crippen LogP contribution >= 0.6 is 9.24 Å². The van der Waals surface area contributed by atoms with Gasteiger partial charge in [-0.25, -0.2) is 18.5 Å². The molecule has 1 unspecified atom stereocenters. The smallest absolute Gasteiger partial charge is 0.355 e. The zero-order chi connectivity index (χ0) is 30.4. The number of aromatic amines is 1. The molecule has 0 radical (unpaired) electrons. The molecule has 220 valence electrons. The van der Waals surface area contributed by atoms with Crippen molar-refractivity contribution in [2.24, 2.45) is 4.99 Å². The van der Waals surface area contributed by atoms with E-state index in [9.17, 15) is 18.8 Å². The number of pyridine rings is 1. The molecular weight excluding hydrogens is 560 g/mol. The predicted molar refractivity (Wildman–Crippen MR) is 167 cm³/mol. The molecule has 0 saturated carbocycles. The highest BCUT2D eigenvalue weighted by Crippen LogP contribution is 2.31. The average Bonchev–Trinajstić information content (AvgIpc) is 2.96. The molecule has 2 heterocycles. The van der Waals surface area contributed by atoms with Gasteiger partial charge < -0.3 is 20.8 Å². The minimum Gasteiger partial charge on any atom is -0.494 e. The van der Waals surface area contributed by atoms with Crippen LogP contribution in [0.3, 0.4) is 0 Å². The monoisotopic (exact) mass is 593 g/mol. The van der Waals surface area contributed by atoms with Crippen LogP contribution in [-0.2, 0) is 13.1 Å². The standard InChI is InChI=1S/C29H33FN7O4P/c1-4-5-8-32-14-20-12-22(23(41-3)13-21(20)31)34-27-35-28(39)37(16-19-7-6-9-33-26(19)38)29(40)36(27)15-18-10-17(2)25(30)24(42)11-18/h6-7,9-14H,4-5,8,15-16,31,42H2,1-3H3,(H,33,38)(H,34,35,39). The number of nitrogens with two attached hydrogens (primary N) is 1. The average molecular weight is 594 g/mol. The van der Waals surface area contributed by atoms with Gasteiger partial charge in [-0.05, 0) is 42.7 Å². The maximum absolute atomic E-state index is 14.4. The topological polar surface area (TPSA) is 149 Å². The first-order valence-corrected chi connectivity index (χ1v) is 13.9. The Morgan fingerprint density at radius 3 is 2.67 bits per heavy atom. The third-order valence-corrected chi connectivity index (χ3v) is 7.00. The summed E-state index contributed by atoms with van der Waals surface area (Å²) in [6, 6.07) is 9.63. The van der Waals surface area contributed by atoms with Gasteiger partial charge in [-0.3, -0.25) is 14.4 Å². The van der Waals surface area contributed by atoms with Crippen LogP contribution in [0.1, 0.15) is 42.0 Å². The van der Waals surface area contributed by atoms with E-state index in [0.717, 1.165) is 17.4 Å². The lowest BCUT2D eigenvalue weighted by atomic mass is 10.1. The number of benzene rings is 2. The van der Waals surface area contributed by atoms with Gasteiger partial charge in [0.2, 0.25) is 5.95 Å². The van der Waals surface area contributed by atoms with Crippen molar-refractivity contribution in [3.8, 4) is 5.75 Å². The molecule has 42 heavy (non-hydrogen) atoms. The summed E-state index contributed by atoms with van der Waals surface area (Å²) in [7, 11) is 3.80. The van der Waals surface area contributed by atoms with Gasteiger partial charge in [0.05, 0.1) is 25.9 Å². The number of aliphatic imine (C=N–C) groups is 1. The quantitative estimate of drug-likeness (QED) is 0.105. The van der Waals surface area contributed by atoms with Gasteiger partial charge in [-0.2, -0.15) is 4.98 Å². The summed E-state index contributed by atoms with van der Waals surface area (Å²) in [5.74, 6) is -0.100. The van der Waals surface area contributed by atoms with Gasteiger partial charge in [-0.15, -0.1) is 9.24 Å². The first-order chi connectivity index (χ1) is 20.1. The lowest BCUT2D eigenvalue weighted by Crippen LogP contribution is -2.43. The van der Waals surface area contributed by atoms with Gasteiger partial charge in [0.15, 0.2) is 0 Å². The maximum atomic E-state index is 14.4. The molecule has 4 N–H and O–H groups in total. The molecule has 2 aromatic carbocycles. The Hall–Kier alpha value is -4.57. The van der Waals surface area contributed by atoms with Crippen molar-refractivity contribution in [3.05, 3.63) is 102 Å². The van der Waals surface area contributed by atoms with E-state index >= 15 is 0 Å². The van der Waals surface area contributed by atoms with Crippen LogP contribution < -0.4 is 38.0 Å². The molecule has 0 amide bonds. The van der Waals surface area contributed by atoms with Gasteiger partial charge >= 0.3 is 11.4 Å². The highest BCUT2D eigenvalue weighted by molar-refractivity contribution is 7.27. The summed E-state index contributed by atoms with van der Waals surface area (Å²) in [6.45, 7) is 4.00. The molecule has 2 aromatic heterocycles. The molecule has 0 aliphatic carbocycles. The van der Waals surface area contributed by atoms with E-state index in [-0.39, 0.29) is 30.4 Å². The molecule has 0 spiro atoms. The second kappa shape index (κ2) is 13.4.